The molecule has 2 N–H and O–H groups in total. The zero-order valence-corrected chi connectivity index (χ0v) is 9.71. The number of rotatable bonds is 7. The summed E-state index contributed by atoms with van der Waals surface area (Å²) in [5.74, 6) is 0.145. The second-order valence-electron chi connectivity index (χ2n) is 4.08. The number of amides is 1. The van der Waals surface area contributed by atoms with Crippen molar-refractivity contribution < 1.29 is 9.53 Å². The molecule has 0 aromatic carbocycles. The van der Waals surface area contributed by atoms with Gasteiger partial charge in [-0.05, 0) is 19.3 Å². The van der Waals surface area contributed by atoms with Crippen molar-refractivity contribution >= 4 is 5.91 Å². The fourth-order valence-electron chi connectivity index (χ4n) is 1.67. The van der Waals surface area contributed by atoms with Gasteiger partial charge in [0, 0.05) is 32.7 Å². The molecule has 4 nitrogen and oxygen atoms in total. The van der Waals surface area contributed by atoms with Gasteiger partial charge in [-0.2, -0.15) is 0 Å². The van der Waals surface area contributed by atoms with Gasteiger partial charge in [0.2, 0.25) is 5.91 Å². The third-order valence-corrected chi connectivity index (χ3v) is 2.79. The summed E-state index contributed by atoms with van der Waals surface area (Å²) >= 11 is 0. The largest absolute Gasteiger partial charge is 0.381 e. The smallest absolute Gasteiger partial charge is 0.221 e. The van der Waals surface area contributed by atoms with Gasteiger partial charge >= 0.3 is 0 Å². The van der Waals surface area contributed by atoms with Gasteiger partial charge in [0.1, 0.15) is 0 Å². The molecular weight excluding hydrogens is 192 g/mol. The van der Waals surface area contributed by atoms with Crippen molar-refractivity contribution in [3.8, 4) is 0 Å². The first-order valence-corrected chi connectivity index (χ1v) is 5.79. The Balaban J connectivity index is 1.91. The molecule has 4 heteroatoms. The Bertz CT molecular complexity index is 191. The molecule has 0 unspecified atom stereocenters. The summed E-state index contributed by atoms with van der Waals surface area (Å²) in [6.45, 7) is 3.61. The highest BCUT2D eigenvalue weighted by atomic mass is 16.5. The third-order valence-electron chi connectivity index (χ3n) is 2.79. The molecule has 88 valence electrons. The molecule has 0 saturated heterocycles. The second kappa shape index (κ2) is 6.80. The van der Waals surface area contributed by atoms with E-state index in [1.165, 1.54) is 0 Å². The number of hydrogen-bond donors (Lipinski definition) is 2. The first kappa shape index (κ1) is 12.5. The SMILES string of the molecule is CCCNC(=O)CCNC1CC(OC)C1. The minimum atomic E-state index is 0.145. The highest BCUT2D eigenvalue weighted by molar-refractivity contribution is 5.75. The van der Waals surface area contributed by atoms with Gasteiger partial charge in [0.05, 0.1) is 6.10 Å². The van der Waals surface area contributed by atoms with E-state index < -0.39 is 0 Å². The van der Waals surface area contributed by atoms with E-state index in [0.717, 1.165) is 32.4 Å². The lowest BCUT2D eigenvalue weighted by atomic mass is 9.89. The average molecular weight is 214 g/mol. The minimum Gasteiger partial charge on any atom is -0.381 e. The van der Waals surface area contributed by atoms with Gasteiger partial charge in [-0.3, -0.25) is 4.79 Å². The first-order valence-electron chi connectivity index (χ1n) is 5.79. The molecule has 1 aliphatic carbocycles. The predicted molar refractivity (Wildman–Crippen MR) is 59.7 cm³/mol. The monoisotopic (exact) mass is 214 g/mol. The maximum atomic E-state index is 11.2. The fraction of sp³-hybridized carbons (Fsp3) is 0.909. The van der Waals surface area contributed by atoms with Gasteiger partial charge < -0.3 is 15.4 Å². The zero-order valence-electron chi connectivity index (χ0n) is 9.71. The molecule has 0 aromatic heterocycles. The van der Waals surface area contributed by atoms with Crippen LogP contribution in [0.4, 0.5) is 0 Å². The van der Waals surface area contributed by atoms with E-state index in [1.54, 1.807) is 7.11 Å². The van der Waals surface area contributed by atoms with Crippen LogP contribution in [0.2, 0.25) is 0 Å². The Hall–Kier alpha value is -0.610. The molecule has 15 heavy (non-hydrogen) atoms. The van der Waals surface area contributed by atoms with E-state index in [-0.39, 0.29) is 5.91 Å². The van der Waals surface area contributed by atoms with Crippen LogP contribution in [0.15, 0.2) is 0 Å². The molecule has 1 rings (SSSR count). The highest BCUT2D eigenvalue weighted by Crippen LogP contribution is 2.22. The number of nitrogens with one attached hydrogen (secondary N) is 2. The van der Waals surface area contributed by atoms with Crippen LogP contribution >= 0.6 is 0 Å². The molecule has 0 atom stereocenters. The van der Waals surface area contributed by atoms with Gasteiger partial charge in [-0.15, -0.1) is 0 Å². The maximum absolute atomic E-state index is 11.2. The summed E-state index contributed by atoms with van der Waals surface area (Å²) in [7, 11) is 1.75. The number of carbonyl (C=O) groups is 1. The van der Waals surface area contributed by atoms with Crippen LogP contribution in [0.5, 0.6) is 0 Å². The molecular formula is C11H22N2O2. The van der Waals surface area contributed by atoms with Gasteiger partial charge in [0.25, 0.3) is 0 Å². The molecule has 0 bridgehead atoms. The lowest BCUT2D eigenvalue weighted by Crippen LogP contribution is -2.46. The van der Waals surface area contributed by atoms with Gasteiger partial charge in [-0.25, -0.2) is 0 Å². The Morgan fingerprint density at radius 1 is 1.40 bits per heavy atom. The number of methoxy groups -OCH3 is 1. The van der Waals surface area contributed by atoms with Crippen LogP contribution < -0.4 is 10.6 Å². The van der Waals surface area contributed by atoms with Gasteiger partial charge in [-0.1, -0.05) is 6.92 Å². The van der Waals surface area contributed by atoms with E-state index in [0.29, 0.717) is 18.6 Å². The molecule has 0 heterocycles. The summed E-state index contributed by atoms with van der Waals surface area (Å²) in [6, 6.07) is 0.550. The predicted octanol–water partition coefficient (Wildman–Crippen LogP) is 0.670. The van der Waals surface area contributed by atoms with E-state index >= 15 is 0 Å². The summed E-state index contributed by atoms with van der Waals surface area (Å²) in [5, 5.41) is 6.21. The van der Waals surface area contributed by atoms with E-state index in [1.807, 2.05) is 0 Å². The second-order valence-corrected chi connectivity index (χ2v) is 4.08. The first-order chi connectivity index (χ1) is 7.26. The van der Waals surface area contributed by atoms with E-state index in [9.17, 15) is 4.79 Å². The van der Waals surface area contributed by atoms with Crippen molar-refractivity contribution in [3.05, 3.63) is 0 Å². The van der Waals surface area contributed by atoms with Crippen molar-refractivity contribution in [1.29, 1.82) is 0 Å². The van der Waals surface area contributed by atoms with Gasteiger partial charge in [0.15, 0.2) is 0 Å². The van der Waals surface area contributed by atoms with Crippen molar-refractivity contribution in [2.75, 3.05) is 20.2 Å². The van der Waals surface area contributed by atoms with Crippen molar-refractivity contribution in [3.63, 3.8) is 0 Å². The van der Waals surface area contributed by atoms with Crippen LogP contribution in [0.25, 0.3) is 0 Å². The van der Waals surface area contributed by atoms with Crippen LogP contribution in [-0.2, 0) is 9.53 Å². The zero-order chi connectivity index (χ0) is 11.1. The van der Waals surface area contributed by atoms with Crippen LogP contribution in [0.3, 0.4) is 0 Å². The quantitative estimate of drug-likeness (QED) is 0.655. The summed E-state index contributed by atoms with van der Waals surface area (Å²) in [6.07, 6.45) is 4.16. The van der Waals surface area contributed by atoms with Crippen molar-refractivity contribution in [1.82, 2.24) is 10.6 Å². The Labute approximate surface area is 91.8 Å². The van der Waals surface area contributed by atoms with Crippen LogP contribution in [-0.4, -0.2) is 38.3 Å². The fourth-order valence-corrected chi connectivity index (χ4v) is 1.67. The molecule has 0 spiro atoms. The van der Waals surface area contributed by atoms with Crippen molar-refractivity contribution in [2.24, 2.45) is 0 Å². The standard InChI is InChI=1S/C11H22N2O2/c1-3-5-13-11(14)4-6-12-9-7-10(8-9)15-2/h9-10,12H,3-8H2,1-2H3,(H,13,14). The van der Waals surface area contributed by atoms with Crippen molar-refractivity contribution in [2.45, 2.75) is 44.8 Å². The highest BCUT2D eigenvalue weighted by Gasteiger charge is 2.28. The third kappa shape index (κ3) is 4.62. The van der Waals surface area contributed by atoms with E-state index in [2.05, 4.69) is 17.6 Å². The molecule has 1 aliphatic rings. The van der Waals surface area contributed by atoms with Crippen LogP contribution in [0.1, 0.15) is 32.6 Å². The summed E-state index contributed by atoms with van der Waals surface area (Å²) in [4.78, 5) is 11.2. The molecule has 1 saturated carbocycles. The molecule has 0 aromatic rings. The summed E-state index contributed by atoms with van der Waals surface area (Å²) < 4.78 is 5.18. The minimum absolute atomic E-state index is 0.145. The van der Waals surface area contributed by atoms with Crippen LogP contribution in [0, 0.1) is 0 Å². The Kier molecular flexibility index (Phi) is 5.65. The lowest BCUT2D eigenvalue weighted by Gasteiger charge is -2.34. The Morgan fingerprint density at radius 2 is 2.13 bits per heavy atom. The normalized spacial score (nSPS) is 24.7. The molecule has 0 aliphatic heterocycles. The Morgan fingerprint density at radius 3 is 2.73 bits per heavy atom. The van der Waals surface area contributed by atoms with E-state index in [4.69, 9.17) is 4.74 Å². The maximum Gasteiger partial charge on any atom is 0.221 e. The molecule has 0 radical (unpaired) electrons. The lowest BCUT2D eigenvalue weighted by molar-refractivity contribution is -0.121. The average Bonchev–Trinajstić information content (AvgIpc) is 2.18. The number of carbonyl (C=O) groups excluding carboxylic acids is 1. The summed E-state index contributed by atoms with van der Waals surface area (Å²) in [5.41, 5.74) is 0. The molecule has 1 amide bonds. The number of hydrogen-bond acceptors (Lipinski definition) is 3. The number of ether oxygens (including phenoxy) is 1. The molecule has 1 fully saturated rings. The topological polar surface area (TPSA) is 50.4 Å².